The summed E-state index contributed by atoms with van der Waals surface area (Å²) in [5, 5.41) is 10.6. The molecule has 38 heavy (non-hydrogen) atoms. The Morgan fingerprint density at radius 2 is 1.95 bits per heavy atom. The summed E-state index contributed by atoms with van der Waals surface area (Å²) < 4.78 is 70.6. The van der Waals surface area contributed by atoms with Gasteiger partial charge in [-0.15, -0.1) is 5.10 Å². The van der Waals surface area contributed by atoms with Crippen molar-refractivity contribution in [3.05, 3.63) is 89.0 Å². The van der Waals surface area contributed by atoms with E-state index in [1.54, 1.807) is 55.2 Å². The lowest BCUT2D eigenvalue weighted by Crippen LogP contribution is -2.29. The average molecular weight is 530 g/mol. The molecule has 3 N–H and O–H groups in total. The van der Waals surface area contributed by atoms with Crippen LogP contribution in [0.1, 0.15) is 35.3 Å². The molecule has 2 heterocycles. The van der Waals surface area contributed by atoms with E-state index in [1.165, 1.54) is 0 Å². The van der Waals surface area contributed by atoms with Crippen molar-refractivity contribution in [1.82, 2.24) is 25.0 Å². The predicted octanol–water partition coefficient (Wildman–Crippen LogP) is 5.56. The highest BCUT2D eigenvalue weighted by Gasteiger charge is 2.39. The third kappa shape index (κ3) is 6.02. The molecule has 0 aliphatic carbocycles. The zero-order valence-electron chi connectivity index (χ0n) is 20.5. The number of hydrogen-bond donors (Lipinski definition) is 2. The lowest BCUT2D eigenvalue weighted by molar-refractivity contribution is -0.149. The average Bonchev–Trinajstić information content (AvgIpc) is 3.39. The molecule has 4 aromatic rings. The summed E-state index contributed by atoms with van der Waals surface area (Å²) >= 11 is 0. The van der Waals surface area contributed by atoms with E-state index in [9.17, 15) is 22.0 Å². The van der Waals surface area contributed by atoms with Gasteiger partial charge in [0.2, 0.25) is 5.95 Å². The number of nitrogens with zero attached hydrogens (tertiary/aromatic N) is 5. The number of hydrogen-bond acceptors (Lipinski definition) is 6. The third-order valence-electron chi connectivity index (χ3n) is 5.95. The van der Waals surface area contributed by atoms with Crippen LogP contribution in [0.4, 0.5) is 27.9 Å². The van der Waals surface area contributed by atoms with Crippen molar-refractivity contribution in [2.75, 3.05) is 11.9 Å². The van der Waals surface area contributed by atoms with E-state index < -0.39 is 23.9 Å². The molecule has 198 valence electrons. The molecular weight excluding hydrogens is 505 g/mol. The number of anilines is 1. The van der Waals surface area contributed by atoms with Gasteiger partial charge in [-0.05, 0) is 65.4 Å². The first-order valence-electron chi connectivity index (χ1n) is 11.6. The van der Waals surface area contributed by atoms with Crippen molar-refractivity contribution >= 4 is 17.6 Å². The summed E-state index contributed by atoms with van der Waals surface area (Å²) in [6.45, 7) is 4.27. The van der Waals surface area contributed by atoms with Crippen molar-refractivity contribution in [2.45, 2.75) is 32.6 Å². The molecule has 0 radical (unpaired) electrons. The van der Waals surface area contributed by atoms with E-state index in [2.05, 4.69) is 25.6 Å². The molecule has 0 aliphatic rings. The van der Waals surface area contributed by atoms with Crippen molar-refractivity contribution in [3.63, 3.8) is 0 Å². The number of rotatable bonds is 8. The maximum absolute atomic E-state index is 14.6. The molecule has 1 unspecified atom stereocenters. The zero-order chi connectivity index (χ0) is 27.4. The van der Waals surface area contributed by atoms with Crippen LogP contribution in [-0.4, -0.2) is 37.7 Å². The van der Waals surface area contributed by atoms with Gasteiger partial charge < -0.3 is 11.1 Å². The lowest BCUT2D eigenvalue weighted by atomic mass is 9.90. The molecule has 0 amide bonds. The van der Waals surface area contributed by atoms with Gasteiger partial charge in [0.1, 0.15) is 17.6 Å². The van der Waals surface area contributed by atoms with Gasteiger partial charge in [0.25, 0.3) is 0 Å². The van der Waals surface area contributed by atoms with E-state index in [0.29, 0.717) is 35.4 Å². The summed E-state index contributed by atoms with van der Waals surface area (Å²) in [7, 11) is 0. The van der Waals surface area contributed by atoms with Crippen LogP contribution in [0.25, 0.3) is 22.8 Å². The molecule has 0 fully saturated rings. The SMILES string of the molecule is C/C(=C\c1cccc(-c2cc(F)ccc2C(N)C(F)(F)F)c1C)c1nc(NCCn2ccnn2)ncc1F. The molecule has 0 bridgehead atoms. The Morgan fingerprint density at radius 3 is 2.66 bits per heavy atom. The van der Waals surface area contributed by atoms with E-state index >= 15 is 0 Å². The van der Waals surface area contributed by atoms with Crippen molar-refractivity contribution in [3.8, 4) is 11.1 Å². The molecule has 0 saturated heterocycles. The summed E-state index contributed by atoms with van der Waals surface area (Å²) in [5.74, 6) is -1.12. The van der Waals surface area contributed by atoms with Crippen LogP contribution in [0, 0.1) is 18.6 Å². The van der Waals surface area contributed by atoms with Gasteiger partial charge in [-0.3, -0.25) is 4.68 Å². The fourth-order valence-electron chi connectivity index (χ4n) is 3.98. The number of nitrogens with two attached hydrogens (primary N) is 1. The van der Waals surface area contributed by atoms with Gasteiger partial charge in [-0.25, -0.2) is 18.7 Å². The molecule has 0 aliphatic heterocycles. The van der Waals surface area contributed by atoms with Gasteiger partial charge in [-0.2, -0.15) is 13.2 Å². The lowest BCUT2D eigenvalue weighted by Gasteiger charge is -2.21. The Hall–Kier alpha value is -4.19. The van der Waals surface area contributed by atoms with E-state index in [0.717, 1.165) is 24.4 Å². The smallest absolute Gasteiger partial charge is 0.352 e. The van der Waals surface area contributed by atoms with Crippen LogP contribution in [0.3, 0.4) is 0 Å². The zero-order valence-corrected chi connectivity index (χ0v) is 20.5. The second kappa shape index (κ2) is 11.1. The highest BCUT2D eigenvalue weighted by molar-refractivity contribution is 5.83. The van der Waals surface area contributed by atoms with Gasteiger partial charge in [0.05, 0.1) is 18.9 Å². The van der Waals surface area contributed by atoms with Crippen LogP contribution in [0.15, 0.2) is 55.0 Å². The molecule has 12 heteroatoms. The van der Waals surface area contributed by atoms with E-state index in [4.69, 9.17) is 5.73 Å². The maximum Gasteiger partial charge on any atom is 0.407 e. The summed E-state index contributed by atoms with van der Waals surface area (Å²) in [6, 6.07) is 5.68. The quantitative estimate of drug-likeness (QED) is 0.291. The Balaban J connectivity index is 1.65. The minimum Gasteiger partial charge on any atom is -0.352 e. The molecule has 0 spiro atoms. The van der Waals surface area contributed by atoms with Crippen LogP contribution in [-0.2, 0) is 6.54 Å². The number of alkyl halides is 3. The Kier molecular flexibility index (Phi) is 7.81. The van der Waals surface area contributed by atoms with Crippen LogP contribution in [0.2, 0.25) is 0 Å². The fourth-order valence-corrected chi connectivity index (χ4v) is 3.98. The Labute approximate surface area is 215 Å². The number of nitrogens with one attached hydrogen (secondary N) is 1. The molecule has 4 rings (SSSR count). The number of aromatic nitrogens is 5. The first-order chi connectivity index (χ1) is 18.0. The van der Waals surface area contributed by atoms with Gasteiger partial charge in [0, 0.05) is 12.7 Å². The first-order valence-corrected chi connectivity index (χ1v) is 11.6. The van der Waals surface area contributed by atoms with Crippen LogP contribution < -0.4 is 11.1 Å². The molecule has 2 aromatic carbocycles. The van der Waals surface area contributed by atoms with Gasteiger partial charge >= 0.3 is 6.18 Å². The van der Waals surface area contributed by atoms with Crippen molar-refractivity contribution in [2.24, 2.45) is 5.73 Å². The molecule has 2 aromatic heterocycles. The second-order valence-electron chi connectivity index (χ2n) is 8.58. The molecule has 0 saturated carbocycles. The van der Waals surface area contributed by atoms with E-state index in [1.807, 2.05) is 0 Å². The Morgan fingerprint density at radius 1 is 1.16 bits per heavy atom. The number of halogens is 5. The molecular formula is C26H24F5N7. The van der Waals surface area contributed by atoms with E-state index in [-0.39, 0.29) is 22.8 Å². The summed E-state index contributed by atoms with van der Waals surface area (Å²) in [5.41, 5.74) is 7.30. The summed E-state index contributed by atoms with van der Waals surface area (Å²) in [6.07, 6.45) is 1.26. The topological polar surface area (TPSA) is 94.5 Å². The molecule has 7 nitrogen and oxygen atoms in total. The van der Waals surface area contributed by atoms with Crippen molar-refractivity contribution in [1.29, 1.82) is 0 Å². The third-order valence-corrected chi connectivity index (χ3v) is 5.95. The highest BCUT2D eigenvalue weighted by Crippen LogP contribution is 2.38. The maximum atomic E-state index is 14.6. The largest absolute Gasteiger partial charge is 0.407 e. The number of allylic oxidation sites excluding steroid dienone is 1. The van der Waals surface area contributed by atoms with Gasteiger partial charge in [0.15, 0.2) is 5.82 Å². The van der Waals surface area contributed by atoms with Crippen LogP contribution >= 0.6 is 0 Å². The fraction of sp³-hybridized carbons (Fsp3) is 0.231. The highest BCUT2D eigenvalue weighted by atomic mass is 19.4. The normalized spacial score (nSPS) is 13.0. The minimum atomic E-state index is -4.71. The first kappa shape index (κ1) is 26.9. The second-order valence-corrected chi connectivity index (χ2v) is 8.58. The minimum absolute atomic E-state index is 0.0345. The number of benzene rings is 2. The van der Waals surface area contributed by atoms with Crippen LogP contribution in [0.5, 0.6) is 0 Å². The standard InChI is InChI=1S/C26H24F5N7/c1-15(23-22(28)14-34-25(36-23)33-8-10-38-11-9-35-37-38)12-17-4-3-5-19(16(17)2)21-13-18(27)6-7-20(21)24(32)26(29,30)31/h3-7,9,11-14,24H,8,10,32H2,1-2H3,(H,33,34,36)/b15-12+. The van der Waals surface area contributed by atoms with Gasteiger partial charge in [-0.1, -0.05) is 29.5 Å². The monoisotopic (exact) mass is 529 g/mol. The molecule has 1 atom stereocenters. The predicted molar refractivity (Wildman–Crippen MR) is 134 cm³/mol. The Bertz CT molecular complexity index is 1450. The van der Waals surface area contributed by atoms with Crippen molar-refractivity contribution < 1.29 is 22.0 Å². The summed E-state index contributed by atoms with van der Waals surface area (Å²) in [4.78, 5) is 8.24.